The number of aryl methyl sites for hydroxylation is 1. The summed E-state index contributed by atoms with van der Waals surface area (Å²) in [6.45, 7) is 4.01. The molecule has 0 bridgehead atoms. The van der Waals surface area contributed by atoms with Crippen molar-refractivity contribution in [3.05, 3.63) is 90.1 Å². The highest BCUT2D eigenvalue weighted by Crippen LogP contribution is 2.34. The second-order valence-electron chi connectivity index (χ2n) is 6.63. The third kappa shape index (κ3) is 3.27. The van der Waals surface area contributed by atoms with Crippen molar-refractivity contribution in [3.8, 4) is 22.3 Å². The highest BCUT2D eigenvalue weighted by atomic mass is 16.5. The van der Waals surface area contributed by atoms with Gasteiger partial charge in [0.05, 0.1) is 23.4 Å². The van der Waals surface area contributed by atoms with Gasteiger partial charge in [-0.1, -0.05) is 72.8 Å². The van der Waals surface area contributed by atoms with Crippen LogP contribution in [-0.4, -0.2) is 17.6 Å². The van der Waals surface area contributed by atoms with Gasteiger partial charge in [-0.05, 0) is 36.6 Å². The van der Waals surface area contributed by atoms with E-state index in [1.54, 1.807) is 0 Å². The van der Waals surface area contributed by atoms with Gasteiger partial charge in [0.2, 0.25) is 0 Å². The normalized spacial score (nSPS) is 10.8. The Morgan fingerprint density at radius 3 is 2.14 bits per heavy atom. The molecule has 0 aliphatic carbocycles. The van der Waals surface area contributed by atoms with Crippen LogP contribution in [0, 0.1) is 6.92 Å². The van der Waals surface area contributed by atoms with E-state index in [9.17, 15) is 4.79 Å². The van der Waals surface area contributed by atoms with Crippen molar-refractivity contribution in [3.63, 3.8) is 0 Å². The predicted octanol–water partition coefficient (Wildman–Crippen LogP) is 6.05. The molecule has 138 valence electrons. The zero-order valence-electron chi connectivity index (χ0n) is 16.0. The molecule has 3 nitrogen and oxygen atoms in total. The largest absolute Gasteiger partial charge is 0.462 e. The first kappa shape index (κ1) is 17.9. The minimum absolute atomic E-state index is 0.331. The SMILES string of the molecule is CCOC(=O)c1c(C)nc2ccccc2c1-c1ccc(-c2ccccc2)cc1. The number of aromatic nitrogens is 1. The lowest BCUT2D eigenvalue weighted by molar-refractivity contribution is 0.0526. The van der Waals surface area contributed by atoms with Crippen molar-refractivity contribution in [2.24, 2.45) is 0 Å². The summed E-state index contributed by atoms with van der Waals surface area (Å²) in [6, 6.07) is 26.4. The number of ether oxygens (including phenoxy) is 1. The van der Waals surface area contributed by atoms with Gasteiger partial charge in [-0.25, -0.2) is 4.79 Å². The molecule has 0 aliphatic rings. The summed E-state index contributed by atoms with van der Waals surface area (Å²) >= 11 is 0. The van der Waals surface area contributed by atoms with Crippen LogP contribution in [0.4, 0.5) is 0 Å². The molecule has 1 aromatic heterocycles. The number of hydrogen-bond donors (Lipinski definition) is 0. The average molecular weight is 367 g/mol. The lowest BCUT2D eigenvalue weighted by atomic mass is 9.93. The van der Waals surface area contributed by atoms with Crippen LogP contribution in [0.3, 0.4) is 0 Å². The molecule has 28 heavy (non-hydrogen) atoms. The number of nitrogens with zero attached hydrogens (tertiary/aromatic N) is 1. The maximum absolute atomic E-state index is 12.7. The molecular formula is C25H21NO2. The van der Waals surface area contributed by atoms with Gasteiger partial charge >= 0.3 is 5.97 Å². The van der Waals surface area contributed by atoms with E-state index in [1.165, 1.54) is 0 Å². The Kier molecular flexibility index (Phi) is 4.90. The van der Waals surface area contributed by atoms with Crippen molar-refractivity contribution in [1.29, 1.82) is 0 Å². The van der Waals surface area contributed by atoms with E-state index >= 15 is 0 Å². The zero-order valence-corrected chi connectivity index (χ0v) is 16.0. The van der Waals surface area contributed by atoms with E-state index in [0.717, 1.165) is 33.2 Å². The maximum atomic E-state index is 12.7. The van der Waals surface area contributed by atoms with Crippen LogP contribution in [0.25, 0.3) is 33.2 Å². The fourth-order valence-corrected chi connectivity index (χ4v) is 3.55. The first-order valence-corrected chi connectivity index (χ1v) is 9.41. The molecule has 3 heteroatoms. The van der Waals surface area contributed by atoms with Gasteiger partial charge in [0.15, 0.2) is 0 Å². The third-order valence-corrected chi connectivity index (χ3v) is 4.83. The average Bonchev–Trinajstić information content (AvgIpc) is 2.73. The number of benzene rings is 3. The molecule has 4 aromatic rings. The van der Waals surface area contributed by atoms with Crippen LogP contribution in [0.15, 0.2) is 78.9 Å². The van der Waals surface area contributed by atoms with Crippen molar-refractivity contribution >= 4 is 16.9 Å². The Hall–Kier alpha value is -3.46. The highest BCUT2D eigenvalue weighted by Gasteiger charge is 2.21. The van der Waals surface area contributed by atoms with Crippen LogP contribution in [0.5, 0.6) is 0 Å². The second-order valence-corrected chi connectivity index (χ2v) is 6.63. The quantitative estimate of drug-likeness (QED) is 0.412. The predicted molar refractivity (Wildman–Crippen MR) is 113 cm³/mol. The summed E-state index contributed by atoms with van der Waals surface area (Å²) in [6.07, 6.45) is 0. The summed E-state index contributed by atoms with van der Waals surface area (Å²) in [5.41, 5.74) is 6.24. The van der Waals surface area contributed by atoms with Gasteiger partial charge in [-0.2, -0.15) is 0 Å². The van der Waals surface area contributed by atoms with E-state index in [0.29, 0.717) is 17.9 Å². The molecule has 0 radical (unpaired) electrons. The molecule has 3 aromatic carbocycles. The molecule has 0 unspecified atom stereocenters. The molecule has 0 N–H and O–H groups in total. The van der Waals surface area contributed by atoms with Gasteiger partial charge in [0.25, 0.3) is 0 Å². The van der Waals surface area contributed by atoms with Crippen molar-refractivity contribution in [2.75, 3.05) is 6.61 Å². The molecule has 0 amide bonds. The van der Waals surface area contributed by atoms with Crippen LogP contribution < -0.4 is 0 Å². The third-order valence-electron chi connectivity index (χ3n) is 4.83. The number of hydrogen-bond acceptors (Lipinski definition) is 3. The summed E-state index contributed by atoms with van der Waals surface area (Å²) < 4.78 is 5.33. The Morgan fingerprint density at radius 1 is 0.821 bits per heavy atom. The zero-order chi connectivity index (χ0) is 19.5. The van der Waals surface area contributed by atoms with Gasteiger partial charge in [0.1, 0.15) is 0 Å². The topological polar surface area (TPSA) is 39.2 Å². The second kappa shape index (κ2) is 7.65. The standard InChI is InChI=1S/C25H21NO2/c1-3-28-25(27)23-17(2)26-22-12-8-7-11-21(22)24(23)20-15-13-19(14-16-20)18-9-5-4-6-10-18/h4-16H,3H2,1-2H3. The first-order valence-electron chi connectivity index (χ1n) is 9.41. The Balaban J connectivity index is 1.91. The lowest BCUT2D eigenvalue weighted by Gasteiger charge is -2.15. The monoisotopic (exact) mass is 367 g/mol. The number of rotatable bonds is 4. The maximum Gasteiger partial charge on any atom is 0.340 e. The molecular weight excluding hydrogens is 346 g/mol. The smallest absolute Gasteiger partial charge is 0.340 e. The molecule has 1 heterocycles. The number of fused-ring (bicyclic) bond motifs is 1. The molecule has 4 rings (SSSR count). The first-order chi connectivity index (χ1) is 13.7. The van der Waals surface area contributed by atoms with E-state index in [1.807, 2.05) is 56.3 Å². The molecule has 0 saturated carbocycles. The molecule has 0 fully saturated rings. The van der Waals surface area contributed by atoms with Crippen molar-refractivity contribution < 1.29 is 9.53 Å². The molecule has 0 aliphatic heterocycles. The Bertz CT molecular complexity index is 1130. The lowest BCUT2D eigenvalue weighted by Crippen LogP contribution is -2.10. The van der Waals surface area contributed by atoms with Gasteiger partial charge in [0, 0.05) is 10.9 Å². The number of para-hydroxylation sites is 1. The minimum Gasteiger partial charge on any atom is -0.462 e. The van der Waals surface area contributed by atoms with Gasteiger partial charge < -0.3 is 4.74 Å². The molecule has 0 spiro atoms. The van der Waals surface area contributed by atoms with Crippen LogP contribution in [-0.2, 0) is 4.74 Å². The van der Waals surface area contributed by atoms with Crippen LogP contribution in [0.1, 0.15) is 23.0 Å². The van der Waals surface area contributed by atoms with E-state index in [-0.39, 0.29) is 5.97 Å². The molecule has 0 atom stereocenters. The summed E-state index contributed by atoms with van der Waals surface area (Å²) in [7, 11) is 0. The summed E-state index contributed by atoms with van der Waals surface area (Å²) in [5.74, 6) is -0.333. The Morgan fingerprint density at radius 2 is 1.43 bits per heavy atom. The number of carbonyl (C=O) groups is 1. The van der Waals surface area contributed by atoms with Crippen LogP contribution in [0.2, 0.25) is 0 Å². The number of carbonyl (C=O) groups excluding carboxylic acids is 1. The number of esters is 1. The summed E-state index contributed by atoms with van der Waals surface area (Å²) in [4.78, 5) is 17.4. The van der Waals surface area contributed by atoms with Crippen LogP contribution >= 0.6 is 0 Å². The fraction of sp³-hybridized carbons (Fsp3) is 0.120. The van der Waals surface area contributed by atoms with E-state index < -0.39 is 0 Å². The van der Waals surface area contributed by atoms with Crippen molar-refractivity contribution in [1.82, 2.24) is 4.98 Å². The van der Waals surface area contributed by atoms with Gasteiger partial charge in [-0.3, -0.25) is 4.98 Å². The highest BCUT2D eigenvalue weighted by molar-refractivity contribution is 6.07. The Labute approximate surface area is 164 Å². The fourth-order valence-electron chi connectivity index (χ4n) is 3.55. The van der Waals surface area contributed by atoms with Gasteiger partial charge in [-0.15, -0.1) is 0 Å². The molecule has 0 saturated heterocycles. The number of pyridine rings is 1. The summed E-state index contributed by atoms with van der Waals surface area (Å²) in [5, 5.41) is 0.948. The minimum atomic E-state index is -0.333. The van der Waals surface area contributed by atoms with E-state index in [2.05, 4.69) is 41.4 Å². The van der Waals surface area contributed by atoms with E-state index in [4.69, 9.17) is 4.74 Å². The van der Waals surface area contributed by atoms with Crippen molar-refractivity contribution in [2.45, 2.75) is 13.8 Å².